The van der Waals surface area contributed by atoms with Crippen molar-refractivity contribution in [3.63, 3.8) is 0 Å². The maximum absolute atomic E-state index is 10.8. The van der Waals surface area contributed by atoms with E-state index in [4.69, 9.17) is 10.5 Å². The maximum atomic E-state index is 10.8. The lowest BCUT2D eigenvalue weighted by atomic mass is 10.2. The van der Waals surface area contributed by atoms with Crippen LogP contribution >= 0.6 is 0 Å². The molecule has 18 heavy (non-hydrogen) atoms. The van der Waals surface area contributed by atoms with Gasteiger partial charge in [0.2, 0.25) is 0 Å². The zero-order valence-corrected chi connectivity index (χ0v) is 9.88. The van der Waals surface area contributed by atoms with E-state index in [9.17, 15) is 4.79 Å². The number of amides is 2. The number of benzene rings is 1. The number of anilines is 1. The van der Waals surface area contributed by atoms with Crippen molar-refractivity contribution in [3.05, 3.63) is 48.3 Å². The molecule has 3 N–H and O–H groups in total. The monoisotopic (exact) mass is 243 g/mol. The minimum Gasteiger partial charge on any atom is -0.455 e. The Balaban J connectivity index is 2.19. The standard InChI is InChI=1S/C13H13N3O2/c1-9-5-6-15-8-12(9)18-11-4-2-3-10(7-11)16-13(14)17/h2-8H,1H3,(H3,14,16,17). The van der Waals surface area contributed by atoms with Crippen LogP contribution in [-0.4, -0.2) is 11.0 Å². The van der Waals surface area contributed by atoms with Crippen molar-refractivity contribution in [3.8, 4) is 11.5 Å². The average Bonchev–Trinajstić information content (AvgIpc) is 2.32. The molecule has 2 amide bonds. The molecule has 0 spiro atoms. The van der Waals surface area contributed by atoms with E-state index in [2.05, 4.69) is 10.3 Å². The van der Waals surface area contributed by atoms with Crippen molar-refractivity contribution < 1.29 is 9.53 Å². The van der Waals surface area contributed by atoms with Gasteiger partial charge in [-0.2, -0.15) is 0 Å². The number of aryl methyl sites for hydroxylation is 1. The van der Waals surface area contributed by atoms with Gasteiger partial charge in [-0.1, -0.05) is 6.07 Å². The number of urea groups is 1. The summed E-state index contributed by atoms with van der Waals surface area (Å²) in [7, 11) is 0. The van der Waals surface area contributed by atoms with E-state index in [-0.39, 0.29) is 0 Å². The fourth-order valence-electron chi connectivity index (χ4n) is 1.46. The third-order valence-electron chi connectivity index (χ3n) is 2.32. The SMILES string of the molecule is Cc1ccncc1Oc1cccc(NC(N)=O)c1. The topological polar surface area (TPSA) is 77.2 Å². The predicted molar refractivity (Wildman–Crippen MR) is 68.7 cm³/mol. The third-order valence-corrected chi connectivity index (χ3v) is 2.32. The number of hydrogen-bond donors (Lipinski definition) is 2. The lowest BCUT2D eigenvalue weighted by Crippen LogP contribution is -2.19. The van der Waals surface area contributed by atoms with E-state index in [1.54, 1.807) is 36.7 Å². The number of pyridine rings is 1. The normalized spacial score (nSPS) is 9.83. The van der Waals surface area contributed by atoms with E-state index in [1.165, 1.54) is 0 Å². The summed E-state index contributed by atoms with van der Waals surface area (Å²) >= 11 is 0. The molecule has 0 fully saturated rings. The van der Waals surface area contributed by atoms with Crippen LogP contribution in [0.4, 0.5) is 10.5 Å². The minimum atomic E-state index is -0.607. The van der Waals surface area contributed by atoms with Gasteiger partial charge in [-0.25, -0.2) is 4.79 Å². The first kappa shape index (κ1) is 11.9. The van der Waals surface area contributed by atoms with Crippen molar-refractivity contribution in [1.82, 2.24) is 4.98 Å². The summed E-state index contributed by atoms with van der Waals surface area (Å²) in [6, 6.07) is 8.24. The van der Waals surface area contributed by atoms with Crippen LogP contribution in [0.1, 0.15) is 5.56 Å². The van der Waals surface area contributed by atoms with Crippen molar-refractivity contribution in [1.29, 1.82) is 0 Å². The summed E-state index contributed by atoms with van der Waals surface area (Å²) in [6.45, 7) is 1.93. The van der Waals surface area contributed by atoms with Crippen LogP contribution in [0.2, 0.25) is 0 Å². The highest BCUT2D eigenvalue weighted by atomic mass is 16.5. The molecule has 0 aliphatic heterocycles. The smallest absolute Gasteiger partial charge is 0.316 e. The van der Waals surface area contributed by atoms with Crippen LogP contribution in [-0.2, 0) is 0 Å². The fourth-order valence-corrected chi connectivity index (χ4v) is 1.46. The van der Waals surface area contributed by atoms with Gasteiger partial charge < -0.3 is 15.8 Å². The van der Waals surface area contributed by atoms with Crippen LogP contribution in [0.3, 0.4) is 0 Å². The first-order valence-corrected chi connectivity index (χ1v) is 5.40. The zero-order valence-electron chi connectivity index (χ0n) is 9.88. The molecule has 2 rings (SSSR count). The molecule has 2 aromatic rings. The summed E-state index contributed by atoms with van der Waals surface area (Å²) in [5, 5.41) is 2.49. The molecule has 1 aromatic carbocycles. The minimum absolute atomic E-state index is 0.585. The van der Waals surface area contributed by atoms with Crippen molar-refractivity contribution in [2.75, 3.05) is 5.32 Å². The summed E-state index contributed by atoms with van der Waals surface area (Å²) in [4.78, 5) is 14.8. The Kier molecular flexibility index (Phi) is 3.43. The Morgan fingerprint density at radius 2 is 2.22 bits per heavy atom. The second kappa shape index (κ2) is 5.18. The van der Waals surface area contributed by atoms with E-state index < -0.39 is 6.03 Å². The second-order valence-electron chi connectivity index (χ2n) is 3.76. The summed E-state index contributed by atoms with van der Waals surface area (Å²) < 4.78 is 5.68. The summed E-state index contributed by atoms with van der Waals surface area (Å²) in [6.07, 6.45) is 3.34. The molecule has 0 aliphatic rings. The second-order valence-corrected chi connectivity index (χ2v) is 3.76. The van der Waals surface area contributed by atoms with Crippen LogP contribution < -0.4 is 15.8 Å². The first-order chi connectivity index (χ1) is 8.65. The van der Waals surface area contributed by atoms with Gasteiger partial charge in [-0.05, 0) is 30.7 Å². The molecule has 0 bridgehead atoms. The van der Waals surface area contributed by atoms with Gasteiger partial charge in [0.25, 0.3) is 0 Å². The van der Waals surface area contributed by atoms with Crippen molar-refractivity contribution >= 4 is 11.7 Å². The van der Waals surface area contributed by atoms with Gasteiger partial charge in [0.15, 0.2) is 0 Å². The molecule has 0 saturated carbocycles. The average molecular weight is 243 g/mol. The van der Waals surface area contributed by atoms with E-state index in [0.29, 0.717) is 17.2 Å². The lowest BCUT2D eigenvalue weighted by molar-refractivity contribution is 0.259. The number of hydrogen-bond acceptors (Lipinski definition) is 3. The molecule has 1 aromatic heterocycles. The van der Waals surface area contributed by atoms with Gasteiger partial charge in [-0.3, -0.25) is 4.98 Å². The van der Waals surface area contributed by atoms with Crippen LogP contribution in [0.25, 0.3) is 0 Å². The predicted octanol–water partition coefficient (Wildman–Crippen LogP) is 2.67. The molecular formula is C13H13N3O2. The highest BCUT2D eigenvalue weighted by molar-refractivity contribution is 5.87. The first-order valence-electron chi connectivity index (χ1n) is 5.40. The Morgan fingerprint density at radius 3 is 2.94 bits per heavy atom. The van der Waals surface area contributed by atoms with Crippen LogP contribution in [0.5, 0.6) is 11.5 Å². The number of aromatic nitrogens is 1. The number of carbonyl (C=O) groups is 1. The molecule has 92 valence electrons. The number of nitrogens with one attached hydrogen (secondary N) is 1. The molecule has 0 radical (unpaired) electrons. The van der Waals surface area contributed by atoms with Gasteiger partial charge in [0.1, 0.15) is 11.5 Å². The largest absolute Gasteiger partial charge is 0.455 e. The Labute approximate surface area is 105 Å². The van der Waals surface area contributed by atoms with Gasteiger partial charge in [0.05, 0.1) is 6.20 Å². The molecule has 0 atom stereocenters. The number of rotatable bonds is 3. The molecule has 1 heterocycles. The zero-order chi connectivity index (χ0) is 13.0. The maximum Gasteiger partial charge on any atom is 0.316 e. The number of ether oxygens (including phenoxy) is 1. The van der Waals surface area contributed by atoms with Crippen molar-refractivity contribution in [2.45, 2.75) is 6.92 Å². The summed E-state index contributed by atoms with van der Waals surface area (Å²) in [5.41, 5.74) is 6.62. The molecule has 0 aliphatic carbocycles. The Morgan fingerprint density at radius 1 is 1.39 bits per heavy atom. The van der Waals surface area contributed by atoms with Crippen molar-refractivity contribution in [2.24, 2.45) is 5.73 Å². The lowest BCUT2D eigenvalue weighted by Gasteiger charge is -2.09. The number of nitrogens with two attached hydrogens (primary N) is 1. The van der Waals surface area contributed by atoms with Gasteiger partial charge in [-0.15, -0.1) is 0 Å². The molecule has 5 heteroatoms. The van der Waals surface area contributed by atoms with Crippen LogP contribution in [0, 0.1) is 6.92 Å². The Hall–Kier alpha value is -2.56. The van der Waals surface area contributed by atoms with E-state index in [1.807, 2.05) is 13.0 Å². The van der Waals surface area contributed by atoms with E-state index >= 15 is 0 Å². The van der Waals surface area contributed by atoms with Gasteiger partial charge in [0, 0.05) is 18.0 Å². The molecule has 0 saturated heterocycles. The van der Waals surface area contributed by atoms with E-state index in [0.717, 1.165) is 5.56 Å². The quantitative estimate of drug-likeness (QED) is 0.870. The third kappa shape index (κ3) is 2.98. The summed E-state index contributed by atoms with van der Waals surface area (Å²) in [5.74, 6) is 1.28. The van der Waals surface area contributed by atoms with Crippen LogP contribution in [0.15, 0.2) is 42.7 Å². The highest BCUT2D eigenvalue weighted by Gasteiger charge is 2.03. The molecule has 0 unspecified atom stereocenters. The molecule has 5 nitrogen and oxygen atoms in total. The number of primary amides is 1. The number of nitrogens with zero attached hydrogens (tertiary/aromatic N) is 1. The molecular weight excluding hydrogens is 230 g/mol. The Bertz CT molecular complexity index is 570. The van der Waals surface area contributed by atoms with Gasteiger partial charge >= 0.3 is 6.03 Å². The fraction of sp³-hybridized carbons (Fsp3) is 0.0769. The number of carbonyl (C=O) groups excluding carboxylic acids is 1. The highest BCUT2D eigenvalue weighted by Crippen LogP contribution is 2.25.